The van der Waals surface area contributed by atoms with Crippen LogP contribution in [-0.4, -0.2) is 22.8 Å². The summed E-state index contributed by atoms with van der Waals surface area (Å²) in [5.41, 5.74) is -0.800. The van der Waals surface area contributed by atoms with Crippen molar-refractivity contribution in [2.24, 2.45) is 0 Å². The predicted molar refractivity (Wildman–Crippen MR) is 39.9 cm³/mol. The van der Waals surface area contributed by atoms with Gasteiger partial charge in [-0.1, -0.05) is 6.92 Å². The number of esters is 1. The molecular weight excluding hydrogens is 144 g/mol. The normalized spacial score (nSPS) is 32.1. The van der Waals surface area contributed by atoms with Crippen molar-refractivity contribution >= 4 is 5.97 Å². The number of cyclic esters (lactones) is 1. The van der Waals surface area contributed by atoms with Gasteiger partial charge in [0.2, 0.25) is 0 Å². The highest BCUT2D eigenvalue weighted by atomic mass is 16.6. The van der Waals surface area contributed by atoms with E-state index >= 15 is 0 Å². The van der Waals surface area contributed by atoms with Gasteiger partial charge >= 0.3 is 5.97 Å². The number of aliphatic hydroxyl groups excluding tert-OH is 1. The van der Waals surface area contributed by atoms with E-state index in [4.69, 9.17) is 4.74 Å². The topological polar surface area (TPSA) is 46.5 Å². The Morgan fingerprint density at radius 3 is 2.82 bits per heavy atom. The molecule has 3 heteroatoms. The molecule has 0 aromatic heterocycles. The van der Waals surface area contributed by atoms with Crippen molar-refractivity contribution in [3.63, 3.8) is 0 Å². The summed E-state index contributed by atoms with van der Waals surface area (Å²) < 4.78 is 4.90. The van der Waals surface area contributed by atoms with Crippen LogP contribution in [0.15, 0.2) is 12.2 Å². The zero-order valence-electron chi connectivity index (χ0n) is 6.70. The summed E-state index contributed by atoms with van der Waals surface area (Å²) in [5, 5.41) is 9.41. The maximum absolute atomic E-state index is 10.7. The van der Waals surface area contributed by atoms with Gasteiger partial charge in [0, 0.05) is 6.08 Å². The highest BCUT2D eigenvalue weighted by Gasteiger charge is 2.36. The van der Waals surface area contributed by atoms with Gasteiger partial charge < -0.3 is 9.84 Å². The molecule has 0 bridgehead atoms. The minimum atomic E-state index is -0.800. The first-order chi connectivity index (χ1) is 5.08. The lowest BCUT2D eigenvalue weighted by atomic mass is 9.98. The highest BCUT2D eigenvalue weighted by Crippen LogP contribution is 2.24. The van der Waals surface area contributed by atoms with Crippen LogP contribution in [0, 0.1) is 0 Å². The molecule has 0 aromatic rings. The van der Waals surface area contributed by atoms with E-state index in [0.29, 0.717) is 6.42 Å². The summed E-state index contributed by atoms with van der Waals surface area (Å²) in [4.78, 5) is 10.7. The van der Waals surface area contributed by atoms with Crippen LogP contribution in [0.2, 0.25) is 0 Å². The third kappa shape index (κ3) is 1.43. The predicted octanol–water partition coefficient (Wildman–Crippen LogP) is 0.629. The van der Waals surface area contributed by atoms with Crippen molar-refractivity contribution < 1.29 is 14.6 Å². The Morgan fingerprint density at radius 2 is 2.45 bits per heavy atom. The molecule has 0 aromatic carbocycles. The molecule has 1 N–H and O–H groups in total. The molecule has 1 aliphatic heterocycles. The van der Waals surface area contributed by atoms with Gasteiger partial charge in [0.15, 0.2) is 5.60 Å². The van der Waals surface area contributed by atoms with Crippen molar-refractivity contribution in [2.75, 3.05) is 0 Å². The molecule has 0 fully saturated rings. The average molecular weight is 156 g/mol. The minimum Gasteiger partial charge on any atom is -0.449 e. The van der Waals surface area contributed by atoms with E-state index in [1.54, 1.807) is 13.0 Å². The average Bonchev–Trinajstić information content (AvgIpc) is 2.31. The van der Waals surface area contributed by atoms with Gasteiger partial charge in [0.25, 0.3) is 0 Å². The summed E-state index contributed by atoms with van der Waals surface area (Å²) in [6.45, 7) is 3.54. The maximum Gasteiger partial charge on any atom is 0.331 e. The molecule has 62 valence electrons. The maximum atomic E-state index is 10.7. The molecule has 0 radical (unpaired) electrons. The quantitative estimate of drug-likeness (QED) is 0.596. The van der Waals surface area contributed by atoms with Crippen molar-refractivity contribution in [2.45, 2.75) is 32.0 Å². The second-order valence-corrected chi connectivity index (χ2v) is 2.86. The van der Waals surface area contributed by atoms with Crippen molar-refractivity contribution in [3.05, 3.63) is 12.2 Å². The summed E-state index contributed by atoms with van der Waals surface area (Å²) in [6.07, 6.45) is 2.92. The van der Waals surface area contributed by atoms with E-state index in [1.165, 1.54) is 6.08 Å². The van der Waals surface area contributed by atoms with Crippen molar-refractivity contribution in [1.82, 2.24) is 0 Å². The Morgan fingerprint density at radius 1 is 1.82 bits per heavy atom. The molecule has 0 unspecified atom stereocenters. The Balaban J connectivity index is 2.70. The van der Waals surface area contributed by atoms with Gasteiger partial charge in [0.1, 0.15) is 0 Å². The lowest BCUT2D eigenvalue weighted by molar-refractivity contribution is -0.152. The number of carbonyl (C=O) groups excluding carboxylic acids is 1. The summed E-state index contributed by atoms with van der Waals surface area (Å²) >= 11 is 0. The summed E-state index contributed by atoms with van der Waals surface area (Å²) in [7, 11) is 0. The van der Waals surface area contributed by atoms with Gasteiger partial charge in [-0.15, -0.1) is 0 Å². The summed E-state index contributed by atoms with van der Waals surface area (Å²) in [5.74, 6) is -0.375. The number of aliphatic hydroxyl groups is 1. The van der Waals surface area contributed by atoms with Crippen LogP contribution in [0.5, 0.6) is 0 Å². The molecule has 1 heterocycles. The van der Waals surface area contributed by atoms with Crippen LogP contribution in [0.4, 0.5) is 0 Å². The second kappa shape index (κ2) is 2.66. The lowest BCUT2D eigenvalue weighted by Crippen LogP contribution is -2.38. The Labute approximate surface area is 65.7 Å². The van der Waals surface area contributed by atoms with E-state index in [1.807, 2.05) is 6.92 Å². The van der Waals surface area contributed by atoms with E-state index < -0.39 is 11.7 Å². The van der Waals surface area contributed by atoms with E-state index in [0.717, 1.165) is 0 Å². The molecule has 0 aliphatic carbocycles. The Hall–Kier alpha value is -0.830. The highest BCUT2D eigenvalue weighted by molar-refractivity contribution is 5.85. The van der Waals surface area contributed by atoms with Gasteiger partial charge in [-0.3, -0.25) is 0 Å². The second-order valence-electron chi connectivity index (χ2n) is 2.86. The van der Waals surface area contributed by atoms with E-state index in [-0.39, 0.29) is 5.97 Å². The molecule has 3 nitrogen and oxygen atoms in total. The first-order valence-electron chi connectivity index (χ1n) is 3.69. The van der Waals surface area contributed by atoms with Crippen LogP contribution in [0.25, 0.3) is 0 Å². The molecule has 0 amide bonds. The summed E-state index contributed by atoms with van der Waals surface area (Å²) in [6, 6.07) is 0. The van der Waals surface area contributed by atoms with Crippen molar-refractivity contribution in [3.8, 4) is 0 Å². The van der Waals surface area contributed by atoms with Gasteiger partial charge in [-0.2, -0.15) is 0 Å². The number of carbonyl (C=O) groups is 1. The van der Waals surface area contributed by atoms with Crippen molar-refractivity contribution in [1.29, 1.82) is 0 Å². The van der Waals surface area contributed by atoms with E-state index in [9.17, 15) is 9.90 Å². The molecule has 1 aliphatic rings. The number of rotatable bonds is 2. The Kier molecular flexibility index (Phi) is 2.00. The standard InChI is InChI=1S/C8H12O3/c1-3-6(9)8(2)5-4-7(10)11-8/h4-6,9H,3H2,1-2H3/t6-,8-/m0/s1. The lowest BCUT2D eigenvalue weighted by Gasteiger charge is -2.26. The third-order valence-corrected chi connectivity index (χ3v) is 1.92. The number of hydrogen-bond donors (Lipinski definition) is 1. The van der Waals surface area contributed by atoms with Crippen LogP contribution in [-0.2, 0) is 9.53 Å². The van der Waals surface area contributed by atoms with Crippen LogP contribution >= 0.6 is 0 Å². The molecule has 1 rings (SSSR count). The van der Waals surface area contributed by atoms with Crippen LogP contribution in [0.3, 0.4) is 0 Å². The first kappa shape index (κ1) is 8.27. The van der Waals surface area contributed by atoms with Gasteiger partial charge in [-0.25, -0.2) is 4.79 Å². The fourth-order valence-corrected chi connectivity index (χ4v) is 1.10. The fraction of sp³-hybridized carbons (Fsp3) is 0.625. The van der Waals surface area contributed by atoms with Crippen LogP contribution in [0.1, 0.15) is 20.3 Å². The minimum absolute atomic E-state index is 0.375. The Bertz CT molecular complexity index is 198. The molecule has 0 spiro atoms. The SMILES string of the molecule is CC[C@H](O)[C@]1(C)C=CC(=O)O1. The van der Waals surface area contributed by atoms with Gasteiger partial charge in [-0.05, 0) is 19.4 Å². The zero-order chi connectivity index (χ0) is 8.48. The van der Waals surface area contributed by atoms with Crippen LogP contribution < -0.4 is 0 Å². The van der Waals surface area contributed by atoms with Gasteiger partial charge in [0.05, 0.1) is 6.10 Å². The largest absolute Gasteiger partial charge is 0.449 e. The molecule has 0 saturated carbocycles. The molecule has 0 saturated heterocycles. The first-order valence-corrected chi connectivity index (χ1v) is 3.69. The number of hydrogen-bond acceptors (Lipinski definition) is 3. The molecule has 11 heavy (non-hydrogen) atoms. The molecular formula is C8H12O3. The number of ether oxygens (including phenoxy) is 1. The smallest absolute Gasteiger partial charge is 0.331 e. The molecule has 2 atom stereocenters. The zero-order valence-corrected chi connectivity index (χ0v) is 6.70. The van der Waals surface area contributed by atoms with E-state index in [2.05, 4.69) is 0 Å². The monoisotopic (exact) mass is 156 g/mol. The third-order valence-electron chi connectivity index (χ3n) is 1.92. The fourth-order valence-electron chi connectivity index (χ4n) is 1.10.